The van der Waals surface area contributed by atoms with Gasteiger partial charge in [0.1, 0.15) is 5.60 Å². The minimum Gasteiger partial charge on any atom is -0.444 e. The van der Waals surface area contributed by atoms with Crippen LogP contribution >= 0.6 is 0 Å². The van der Waals surface area contributed by atoms with E-state index in [1.807, 2.05) is 45.0 Å². The lowest BCUT2D eigenvalue weighted by atomic mass is 10.1. The Bertz CT molecular complexity index is 448. The number of hydrogen-bond acceptors (Lipinski definition) is 3. The van der Waals surface area contributed by atoms with Crippen LogP contribution < -0.4 is 10.6 Å². The number of anilines is 1. The molecule has 4 heteroatoms. The van der Waals surface area contributed by atoms with Gasteiger partial charge in [-0.2, -0.15) is 0 Å². The normalized spacial score (nSPS) is 14.9. The van der Waals surface area contributed by atoms with Crippen LogP contribution in [0.2, 0.25) is 0 Å². The molecular formula is C15H22N2O2. The largest absolute Gasteiger partial charge is 0.444 e. The van der Waals surface area contributed by atoms with Crippen molar-refractivity contribution < 1.29 is 9.53 Å². The highest BCUT2D eigenvalue weighted by Crippen LogP contribution is 2.26. The molecule has 1 aromatic carbocycles. The van der Waals surface area contributed by atoms with Crippen molar-refractivity contribution in [3.63, 3.8) is 0 Å². The molecule has 4 nitrogen and oxygen atoms in total. The van der Waals surface area contributed by atoms with Crippen molar-refractivity contribution in [3.8, 4) is 0 Å². The predicted molar refractivity (Wildman–Crippen MR) is 76.2 cm³/mol. The standard InChI is InChI=1S/C15H22N2O2/c1-15(2,3)19-14(18)16-10-11-6-4-5-7-13(11)17-12-8-9-12/h4-7,12,17H,8-10H2,1-3H3,(H,16,18). The third-order valence-corrected chi connectivity index (χ3v) is 2.78. The Morgan fingerprint density at radius 1 is 1.32 bits per heavy atom. The first-order valence-corrected chi connectivity index (χ1v) is 6.75. The Labute approximate surface area is 114 Å². The molecule has 2 N–H and O–H groups in total. The highest BCUT2D eigenvalue weighted by Gasteiger charge is 2.22. The smallest absolute Gasteiger partial charge is 0.407 e. The van der Waals surface area contributed by atoms with Gasteiger partial charge in [0.25, 0.3) is 0 Å². The molecule has 0 radical (unpaired) electrons. The molecule has 0 saturated heterocycles. The lowest BCUT2D eigenvalue weighted by molar-refractivity contribution is 0.0523. The van der Waals surface area contributed by atoms with Crippen molar-refractivity contribution in [2.75, 3.05) is 5.32 Å². The van der Waals surface area contributed by atoms with Crippen LogP contribution in [-0.4, -0.2) is 17.7 Å². The Kier molecular flexibility index (Phi) is 3.98. The maximum absolute atomic E-state index is 11.6. The number of hydrogen-bond donors (Lipinski definition) is 2. The van der Waals surface area contributed by atoms with E-state index in [1.165, 1.54) is 12.8 Å². The molecule has 1 aliphatic rings. The summed E-state index contributed by atoms with van der Waals surface area (Å²) in [5, 5.41) is 6.25. The number of alkyl carbamates (subject to hydrolysis) is 1. The third kappa shape index (κ3) is 4.81. The molecule has 0 bridgehead atoms. The summed E-state index contributed by atoms with van der Waals surface area (Å²) < 4.78 is 5.22. The molecule has 0 heterocycles. The number of benzene rings is 1. The number of amides is 1. The van der Waals surface area contributed by atoms with Gasteiger partial charge in [-0.3, -0.25) is 0 Å². The summed E-state index contributed by atoms with van der Waals surface area (Å²) in [7, 11) is 0. The van der Waals surface area contributed by atoms with Crippen LogP contribution in [0.1, 0.15) is 39.2 Å². The fourth-order valence-electron chi connectivity index (χ4n) is 1.74. The van der Waals surface area contributed by atoms with Crippen LogP contribution in [0, 0.1) is 0 Å². The van der Waals surface area contributed by atoms with E-state index >= 15 is 0 Å². The van der Waals surface area contributed by atoms with Crippen molar-refractivity contribution >= 4 is 11.8 Å². The maximum Gasteiger partial charge on any atom is 0.407 e. The van der Waals surface area contributed by atoms with Gasteiger partial charge in [0.15, 0.2) is 0 Å². The van der Waals surface area contributed by atoms with Crippen molar-refractivity contribution in [1.29, 1.82) is 0 Å². The summed E-state index contributed by atoms with van der Waals surface area (Å²) in [6.45, 7) is 6.05. The van der Waals surface area contributed by atoms with Gasteiger partial charge >= 0.3 is 6.09 Å². The molecule has 2 rings (SSSR count). The molecule has 0 aromatic heterocycles. The monoisotopic (exact) mass is 262 g/mol. The molecule has 1 amide bonds. The number of nitrogens with one attached hydrogen (secondary N) is 2. The van der Waals surface area contributed by atoms with E-state index in [9.17, 15) is 4.79 Å². The zero-order valence-corrected chi connectivity index (χ0v) is 11.8. The Morgan fingerprint density at radius 2 is 2.00 bits per heavy atom. The molecule has 0 unspecified atom stereocenters. The number of rotatable bonds is 4. The second-order valence-corrected chi connectivity index (χ2v) is 5.93. The van der Waals surface area contributed by atoms with E-state index in [-0.39, 0.29) is 6.09 Å². The molecule has 104 valence electrons. The van der Waals surface area contributed by atoms with Crippen molar-refractivity contribution in [1.82, 2.24) is 5.32 Å². The molecule has 1 saturated carbocycles. The van der Waals surface area contributed by atoms with Gasteiger partial charge in [-0.15, -0.1) is 0 Å². The minimum absolute atomic E-state index is 0.381. The van der Waals surface area contributed by atoms with Crippen LogP contribution in [0.5, 0.6) is 0 Å². The van der Waals surface area contributed by atoms with E-state index in [2.05, 4.69) is 10.6 Å². The van der Waals surface area contributed by atoms with E-state index in [0.717, 1.165) is 11.3 Å². The third-order valence-electron chi connectivity index (χ3n) is 2.78. The summed E-state index contributed by atoms with van der Waals surface area (Å²) in [6.07, 6.45) is 2.08. The quantitative estimate of drug-likeness (QED) is 0.875. The molecule has 0 aliphatic heterocycles. The molecule has 1 fully saturated rings. The number of carbonyl (C=O) groups excluding carboxylic acids is 1. The summed E-state index contributed by atoms with van der Waals surface area (Å²) >= 11 is 0. The Hall–Kier alpha value is -1.71. The van der Waals surface area contributed by atoms with Gasteiger partial charge in [0.05, 0.1) is 0 Å². The first kappa shape index (κ1) is 13.7. The number of para-hydroxylation sites is 1. The van der Waals surface area contributed by atoms with Crippen LogP contribution in [0.25, 0.3) is 0 Å². The highest BCUT2D eigenvalue weighted by atomic mass is 16.6. The molecular weight excluding hydrogens is 240 g/mol. The van der Waals surface area contributed by atoms with E-state index < -0.39 is 5.60 Å². The summed E-state index contributed by atoms with van der Waals surface area (Å²) in [5.41, 5.74) is 1.72. The van der Waals surface area contributed by atoms with Gasteiger partial charge < -0.3 is 15.4 Å². The van der Waals surface area contributed by atoms with Crippen LogP contribution in [0.15, 0.2) is 24.3 Å². The summed E-state index contributed by atoms with van der Waals surface area (Å²) in [6, 6.07) is 8.64. The van der Waals surface area contributed by atoms with E-state index in [4.69, 9.17) is 4.74 Å². The average molecular weight is 262 g/mol. The molecule has 0 spiro atoms. The van der Waals surface area contributed by atoms with Gasteiger partial charge in [-0.05, 0) is 45.2 Å². The fraction of sp³-hybridized carbons (Fsp3) is 0.533. The topological polar surface area (TPSA) is 50.4 Å². The lowest BCUT2D eigenvalue weighted by Gasteiger charge is -2.20. The lowest BCUT2D eigenvalue weighted by Crippen LogP contribution is -2.32. The second kappa shape index (κ2) is 5.51. The maximum atomic E-state index is 11.6. The van der Waals surface area contributed by atoms with Gasteiger partial charge in [0.2, 0.25) is 0 Å². The van der Waals surface area contributed by atoms with Crippen LogP contribution in [-0.2, 0) is 11.3 Å². The first-order valence-electron chi connectivity index (χ1n) is 6.75. The van der Waals surface area contributed by atoms with Gasteiger partial charge in [-0.1, -0.05) is 18.2 Å². The summed E-state index contributed by atoms with van der Waals surface area (Å²) in [5.74, 6) is 0. The Morgan fingerprint density at radius 3 is 2.63 bits per heavy atom. The molecule has 1 aliphatic carbocycles. The SMILES string of the molecule is CC(C)(C)OC(=O)NCc1ccccc1NC1CC1. The molecule has 0 atom stereocenters. The van der Waals surface area contributed by atoms with Crippen LogP contribution in [0.4, 0.5) is 10.5 Å². The van der Waals surface area contributed by atoms with Crippen molar-refractivity contribution in [2.45, 2.75) is 51.8 Å². The van der Waals surface area contributed by atoms with Crippen molar-refractivity contribution in [3.05, 3.63) is 29.8 Å². The molecule has 19 heavy (non-hydrogen) atoms. The number of carbonyl (C=O) groups is 1. The van der Waals surface area contributed by atoms with E-state index in [1.54, 1.807) is 0 Å². The average Bonchev–Trinajstić information content (AvgIpc) is 3.09. The second-order valence-electron chi connectivity index (χ2n) is 5.93. The summed E-state index contributed by atoms with van der Waals surface area (Å²) in [4.78, 5) is 11.6. The predicted octanol–water partition coefficient (Wildman–Crippen LogP) is 3.29. The van der Waals surface area contributed by atoms with Gasteiger partial charge in [0, 0.05) is 18.3 Å². The Balaban J connectivity index is 1.89. The molecule has 1 aromatic rings. The zero-order valence-electron chi connectivity index (χ0n) is 11.8. The minimum atomic E-state index is -0.462. The number of ether oxygens (including phenoxy) is 1. The first-order chi connectivity index (χ1) is 8.94. The van der Waals surface area contributed by atoms with E-state index in [0.29, 0.717) is 12.6 Å². The van der Waals surface area contributed by atoms with Gasteiger partial charge in [-0.25, -0.2) is 4.79 Å². The zero-order chi connectivity index (χ0) is 13.9. The van der Waals surface area contributed by atoms with Crippen molar-refractivity contribution in [2.24, 2.45) is 0 Å². The highest BCUT2D eigenvalue weighted by molar-refractivity contribution is 5.68. The fourth-order valence-corrected chi connectivity index (χ4v) is 1.74. The van der Waals surface area contributed by atoms with Crippen LogP contribution in [0.3, 0.4) is 0 Å².